The highest BCUT2D eigenvalue weighted by molar-refractivity contribution is 5.77. The highest BCUT2D eigenvalue weighted by atomic mass is 16.6. The number of esters is 1. The van der Waals surface area contributed by atoms with Crippen molar-refractivity contribution in [3.8, 4) is 0 Å². The molecule has 1 unspecified atom stereocenters. The van der Waals surface area contributed by atoms with Crippen LogP contribution in [-0.4, -0.2) is 11.6 Å². The Bertz CT molecular complexity index is 266. The van der Waals surface area contributed by atoms with Crippen molar-refractivity contribution >= 4 is 5.97 Å². The van der Waals surface area contributed by atoms with Gasteiger partial charge in [0.15, 0.2) is 0 Å². The average molecular weight is 256 g/mol. The van der Waals surface area contributed by atoms with Crippen LogP contribution >= 0.6 is 0 Å². The Hall–Kier alpha value is -0.530. The quantitative estimate of drug-likeness (QED) is 0.611. The van der Waals surface area contributed by atoms with Gasteiger partial charge in [-0.3, -0.25) is 4.79 Å². The molecule has 2 heteroatoms. The van der Waals surface area contributed by atoms with Gasteiger partial charge in [0.2, 0.25) is 0 Å². The van der Waals surface area contributed by atoms with Gasteiger partial charge in [0.25, 0.3) is 0 Å². The molecule has 0 bridgehead atoms. The van der Waals surface area contributed by atoms with Crippen LogP contribution in [0, 0.1) is 17.3 Å². The van der Waals surface area contributed by atoms with Gasteiger partial charge in [-0.25, -0.2) is 0 Å². The van der Waals surface area contributed by atoms with Crippen molar-refractivity contribution in [2.75, 3.05) is 0 Å². The third-order valence-electron chi connectivity index (χ3n) is 3.79. The van der Waals surface area contributed by atoms with Gasteiger partial charge < -0.3 is 4.74 Å². The molecule has 108 valence electrons. The standard InChI is InChI=1S/C16H32O2/c1-9-10-15(6,7)18-14(17)16(8,13(4)5)11-12(2)3/h12-13H,9-11H2,1-8H3. The summed E-state index contributed by atoms with van der Waals surface area (Å²) in [6, 6.07) is 0. The van der Waals surface area contributed by atoms with Crippen LogP contribution in [0.5, 0.6) is 0 Å². The molecule has 0 aromatic rings. The fourth-order valence-corrected chi connectivity index (χ4v) is 2.42. The van der Waals surface area contributed by atoms with Gasteiger partial charge in [0.05, 0.1) is 5.41 Å². The molecule has 2 nitrogen and oxygen atoms in total. The van der Waals surface area contributed by atoms with E-state index in [0.717, 1.165) is 19.3 Å². The Morgan fingerprint density at radius 3 is 1.94 bits per heavy atom. The first-order valence-corrected chi connectivity index (χ1v) is 7.28. The molecule has 1 atom stereocenters. The molecule has 0 aromatic carbocycles. The monoisotopic (exact) mass is 256 g/mol. The zero-order valence-corrected chi connectivity index (χ0v) is 13.6. The minimum Gasteiger partial charge on any atom is -0.459 e. The zero-order chi connectivity index (χ0) is 14.6. The Balaban J connectivity index is 4.88. The van der Waals surface area contributed by atoms with Crippen molar-refractivity contribution in [3.63, 3.8) is 0 Å². The van der Waals surface area contributed by atoms with Gasteiger partial charge in [-0.15, -0.1) is 0 Å². The second-order valence-corrected chi connectivity index (χ2v) is 7.07. The van der Waals surface area contributed by atoms with Crippen LogP contribution in [0.15, 0.2) is 0 Å². The molecule has 0 fully saturated rings. The maximum absolute atomic E-state index is 12.5. The summed E-state index contributed by atoms with van der Waals surface area (Å²) in [5, 5.41) is 0. The van der Waals surface area contributed by atoms with E-state index in [4.69, 9.17) is 4.74 Å². The molecule has 0 aliphatic rings. The molecule has 0 heterocycles. The van der Waals surface area contributed by atoms with Crippen molar-refractivity contribution in [3.05, 3.63) is 0 Å². The normalized spacial score (nSPS) is 15.9. The highest BCUT2D eigenvalue weighted by Crippen LogP contribution is 2.37. The van der Waals surface area contributed by atoms with Crippen molar-refractivity contribution < 1.29 is 9.53 Å². The maximum atomic E-state index is 12.5. The second-order valence-electron chi connectivity index (χ2n) is 7.07. The molecule has 0 rings (SSSR count). The lowest BCUT2D eigenvalue weighted by Crippen LogP contribution is -2.41. The Morgan fingerprint density at radius 2 is 1.61 bits per heavy atom. The minimum atomic E-state index is -0.376. The van der Waals surface area contributed by atoms with Crippen LogP contribution in [0.4, 0.5) is 0 Å². The summed E-state index contributed by atoms with van der Waals surface area (Å²) in [6.45, 7) is 16.7. The third kappa shape index (κ3) is 4.99. The summed E-state index contributed by atoms with van der Waals surface area (Å²) in [6.07, 6.45) is 2.82. The van der Waals surface area contributed by atoms with E-state index in [1.54, 1.807) is 0 Å². The molecule has 0 aliphatic heterocycles. The van der Waals surface area contributed by atoms with Gasteiger partial charge in [0, 0.05) is 0 Å². The number of hydrogen-bond donors (Lipinski definition) is 0. The molecule has 0 amide bonds. The average Bonchev–Trinajstić information content (AvgIpc) is 2.14. The summed E-state index contributed by atoms with van der Waals surface area (Å²) in [4.78, 5) is 12.5. The molecule has 18 heavy (non-hydrogen) atoms. The first-order chi connectivity index (χ1) is 8.05. The maximum Gasteiger partial charge on any atom is 0.312 e. The summed E-state index contributed by atoms with van der Waals surface area (Å²) in [5.74, 6) is 0.758. The van der Waals surface area contributed by atoms with Gasteiger partial charge >= 0.3 is 5.97 Å². The number of hydrogen-bond acceptors (Lipinski definition) is 2. The van der Waals surface area contributed by atoms with Gasteiger partial charge in [0.1, 0.15) is 5.60 Å². The Labute approximate surface area is 113 Å². The molecular weight excluding hydrogens is 224 g/mol. The number of carbonyl (C=O) groups excluding carboxylic acids is 1. The summed E-state index contributed by atoms with van der Waals surface area (Å²) >= 11 is 0. The fourth-order valence-electron chi connectivity index (χ4n) is 2.42. The molecule has 0 radical (unpaired) electrons. The first kappa shape index (κ1) is 17.5. The smallest absolute Gasteiger partial charge is 0.312 e. The summed E-state index contributed by atoms with van der Waals surface area (Å²) < 4.78 is 5.77. The topological polar surface area (TPSA) is 26.3 Å². The third-order valence-corrected chi connectivity index (χ3v) is 3.79. The van der Waals surface area contributed by atoms with Gasteiger partial charge in [-0.1, -0.05) is 41.0 Å². The molecular formula is C16H32O2. The van der Waals surface area contributed by atoms with E-state index < -0.39 is 0 Å². The van der Waals surface area contributed by atoms with E-state index in [1.807, 2.05) is 20.8 Å². The van der Waals surface area contributed by atoms with Gasteiger partial charge in [-0.05, 0) is 45.4 Å². The lowest BCUT2D eigenvalue weighted by Gasteiger charge is -2.36. The predicted molar refractivity (Wildman–Crippen MR) is 77.5 cm³/mol. The largest absolute Gasteiger partial charge is 0.459 e. The van der Waals surface area contributed by atoms with E-state index in [2.05, 4.69) is 34.6 Å². The van der Waals surface area contributed by atoms with Crippen molar-refractivity contribution in [1.29, 1.82) is 0 Å². The van der Waals surface area contributed by atoms with E-state index in [-0.39, 0.29) is 17.0 Å². The highest BCUT2D eigenvalue weighted by Gasteiger charge is 2.40. The number of rotatable bonds is 7. The lowest BCUT2D eigenvalue weighted by atomic mass is 9.73. The molecule has 0 saturated heterocycles. The minimum absolute atomic E-state index is 0.0374. The molecule has 0 aliphatic carbocycles. The first-order valence-electron chi connectivity index (χ1n) is 7.28. The number of carbonyl (C=O) groups is 1. The van der Waals surface area contributed by atoms with Crippen LogP contribution in [0.2, 0.25) is 0 Å². The molecule has 0 N–H and O–H groups in total. The molecule has 0 spiro atoms. The van der Waals surface area contributed by atoms with Crippen LogP contribution in [0.25, 0.3) is 0 Å². The van der Waals surface area contributed by atoms with Crippen molar-refractivity contribution in [1.82, 2.24) is 0 Å². The van der Waals surface area contributed by atoms with Crippen LogP contribution in [0.1, 0.15) is 74.7 Å². The number of ether oxygens (including phenoxy) is 1. The molecule has 0 saturated carbocycles. The predicted octanol–water partition coefficient (Wildman–Crippen LogP) is 4.82. The van der Waals surface area contributed by atoms with E-state index >= 15 is 0 Å². The van der Waals surface area contributed by atoms with E-state index in [0.29, 0.717) is 11.8 Å². The van der Waals surface area contributed by atoms with Crippen LogP contribution in [0.3, 0.4) is 0 Å². The lowest BCUT2D eigenvalue weighted by molar-refractivity contribution is -0.173. The van der Waals surface area contributed by atoms with Gasteiger partial charge in [-0.2, -0.15) is 0 Å². The van der Waals surface area contributed by atoms with Crippen molar-refractivity contribution in [2.45, 2.75) is 80.3 Å². The summed E-state index contributed by atoms with van der Waals surface area (Å²) in [7, 11) is 0. The Morgan fingerprint density at radius 1 is 1.11 bits per heavy atom. The summed E-state index contributed by atoms with van der Waals surface area (Å²) in [5.41, 5.74) is -0.724. The second kappa shape index (κ2) is 6.58. The molecule has 0 aromatic heterocycles. The zero-order valence-electron chi connectivity index (χ0n) is 13.6. The van der Waals surface area contributed by atoms with Crippen LogP contribution < -0.4 is 0 Å². The van der Waals surface area contributed by atoms with E-state index in [9.17, 15) is 4.79 Å². The Kier molecular flexibility index (Phi) is 6.39. The SMILES string of the molecule is CCCC(C)(C)OC(=O)C(C)(CC(C)C)C(C)C. The van der Waals surface area contributed by atoms with E-state index in [1.165, 1.54) is 0 Å². The van der Waals surface area contributed by atoms with Crippen LogP contribution in [-0.2, 0) is 9.53 Å². The fraction of sp³-hybridized carbons (Fsp3) is 0.938. The van der Waals surface area contributed by atoms with Crippen molar-refractivity contribution in [2.24, 2.45) is 17.3 Å².